The Morgan fingerprint density at radius 1 is 1.50 bits per heavy atom. The Kier molecular flexibility index (Phi) is 3.53. The monoisotopic (exact) mass is 171 g/mol. The lowest BCUT2D eigenvalue weighted by Crippen LogP contribution is -2.50. The molecule has 3 N–H and O–H groups in total. The lowest BCUT2D eigenvalue weighted by Gasteiger charge is -2.37. The van der Waals surface area contributed by atoms with Gasteiger partial charge in [-0.1, -0.05) is 32.6 Å². The van der Waals surface area contributed by atoms with Gasteiger partial charge in [0, 0.05) is 6.04 Å². The summed E-state index contributed by atoms with van der Waals surface area (Å²) in [6, 6.07) is 0.0257. The van der Waals surface area contributed by atoms with Crippen LogP contribution in [0.3, 0.4) is 0 Å². The van der Waals surface area contributed by atoms with E-state index in [9.17, 15) is 5.11 Å². The highest BCUT2D eigenvalue weighted by Crippen LogP contribution is 2.31. The van der Waals surface area contributed by atoms with Gasteiger partial charge in [-0.05, 0) is 19.3 Å². The Labute approximate surface area is 75.2 Å². The van der Waals surface area contributed by atoms with E-state index in [0.717, 1.165) is 38.5 Å². The summed E-state index contributed by atoms with van der Waals surface area (Å²) < 4.78 is 0. The summed E-state index contributed by atoms with van der Waals surface area (Å²) >= 11 is 0. The van der Waals surface area contributed by atoms with E-state index in [1.165, 1.54) is 6.42 Å². The molecule has 1 aliphatic rings. The van der Waals surface area contributed by atoms with Gasteiger partial charge in [0.05, 0.1) is 5.60 Å². The molecule has 1 fully saturated rings. The van der Waals surface area contributed by atoms with E-state index in [2.05, 4.69) is 6.92 Å². The predicted molar refractivity (Wildman–Crippen MR) is 50.9 cm³/mol. The van der Waals surface area contributed by atoms with E-state index in [4.69, 9.17) is 5.73 Å². The van der Waals surface area contributed by atoms with Crippen LogP contribution < -0.4 is 5.73 Å². The molecule has 0 bridgehead atoms. The maximum Gasteiger partial charge on any atom is 0.0797 e. The Morgan fingerprint density at radius 3 is 2.83 bits per heavy atom. The van der Waals surface area contributed by atoms with Crippen LogP contribution in [0.1, 0.15) is 51.9 Å². The van der Waals surface area contributed by atoms with E-state index >= 15 is 0 Å². The fourth-order valence-electron chi connectivity index (χ4n) is 2.04. The van der Waals surface area contributed by atoms with Crippen molar-refractivity contribution < 1.29 is 5.11 Å². The third-order valence-electron chi connectivity index (χ3n) is 3.03. The molecular formula is C10H21NO. The van der Waals surface area contributed by atoms with Gasteiger partial charge >= 0.3 is 0 Å². The molecule has 1 rings (SSSR count). The Hall–Kier alpha value is -0.0800. The van der Waals surface area contributed by atoms with Crippen LogP contribution in [0.15, 0.2) is 0 Å². The predicted octanol–water partition coefficient (Wildman–Crippen LogP) is 1.81. The molecule has 0 aromatic heterocycles. The highest BCUT2D eigenvalue weighted by atomic mass is 16.3. The average molecular weight is 171 g/mol. The Bertz CT molecular complexity index is 138. The van der Waals surface area contributed by atoms with Crippen molar-refractivity contribution in [2.45, 2.75) is 63.5 Å². The van der Waals surface area contributed by atoms with Crippen LogP contribution in [0.4, 0.5) is 0 Å². The second kappa shape index (κ2) is 4.24. The SMILES string of the molecule is CCCCC1(O)CCCCC1N. The molecule has 1 aliphatic carbocycles. The van der Waals surface area contributed by atoms with Crippen LogP contribution in [0.2, 0.25) is 0 Å². The zero-order valence-electron chi connectivity index (χ0n) is 8.05. The van der Waals surface area contributed by atoms with Gasteiger partial charge in [-0.25, -0.2) is 0 Å². The van der Waals surface area contributed by atoms with Gasteiger partial charge in [0.25, 0.3) is 0 Å². The zero-order valence-corrected chi connectivity index (χ0v) is 8.05. The maximum atomic E-state index is 10.1. The molecule has 0 heterocycles. The molecule has 2 heteroatoms. The second-order valence-corrected chi connectivity index (χ2v) is 4.06. The lowest BCUT2D eigenvalue weighted by atomic mass is 9.78. The van der Waals surface area contributed by atoms with Crippen molar-refractivity contribution in [3.63, 3.8) is 0 Å². The van der Waals surface area contributed by atoms with E-state index in [1.54, 1.807) is 0 Å². The van der Waals surface area contributed by atoms with Crippen LogP contribution in [-0.2, 0) is 0 Å². The maximum absolute atomic E-state index is 10.1. The highest BCUT2D eigenvalue weighted by molar-refractivity contribution is 4.92. The third-order valence-corrected chi connectivity index (χ3v) is 3.03. The fraction of sp³-hybridized carbons (Fsp3) is 1.00. The molecule has 0 aliphatic heterocycles. The molecule has 2 unspecified atom stereocenters. The Balaban J connectivity index is 2.42. The molecule has 2 atom stereocenters. The minimum atomic E-state index is -0.533. The fourth-order valence-corrected chi connectivity index (χ4v) is 2.04. The molecule has 72 valence electrons. The molecular weight excluding hydrogens is 150 g/mol. The van der Waals surface area contributed by atoms with Gasteiger partial charge in [0.1, 0.15) is 0 Å². The molecule has 0 radical (unpaired) electrons. The molecule has 1 saturated carbocycles. The molecule has 0 amide bonds. The number of nitrogens with two attached hydrogens (primary N) is 1. The van der Waals surface area contributed by atoms with Crippen molar-refractivity contribution >= 4 is 0 Å². The van der Waals surface area contributed by atoms with Gasteiger partial charge in [0.2, 0.25) is 0 Å². The first-order valence-electron chi connectivity index (χ1n) is 5.17. The van der Waals surface area contributed by atoms with E-state index in [1.807, 2.05) is 0 Å². The lowest BCUT2D eigenvalue weighted by molar-refractivity contribution is -0.0231. The van der Waals surface area contributed by atoms with Crippen LogP contribution in [0.5, 0.6) is 0 Å². The first-order chi connectivity index (χ1) is 5.69. The third kappa shape index (κ3) is 2.20. The first-order valence-corrected chi connectivity index (χ1v) is 5.17. The molecule has 0 aromatic carbocycles. The van der Waals surface area contributed by atoms with Crippen LogP contribution in [0, 0.1) is 0 Å². The molecule has 0 saturated heterocycles. The van der Waals surface area contributed by atoms with Crippen molar-refractivity contribution in [2.24, 2.45) is 5.73 Å². The van der Waals surface area contributed by atoms with E-state index in [-0.39, 0.29) is 6.04 Å². The molecule has 12 heavy (non-hydrogen) atoms. The smallest absolute Gasteiger partial charge is 0.0797 e. The summed E-state index contributed by atoms with van der Waals surface area (Å²) in [5, 5.41) is 10.1. The zero-order chi connectivity index (χ0) is 9.03. The van der Waals surface area contributed by atoms with Crippen LogP contribution in [0.25, 0.3) is 0 Å². The van der Waals surface area contributed by atoms with Gasteiger partial charge in [-0.3, -0.25) is 0 Å². The summed E-state index contributed by atoms with van der Waals surface area (Å²) in [6.07, 6.45) is 7.39. The largest absolute Gasteiger partial charge is 0.388 e. The van der Waals surface area contributed by atoms with Crippen molar-refractivity contribution in [1.82, 2.24) is 0 Å². The van der Waals surface area contributed by atoms with Gasteiger partial charge in [-0.2, -0.15) is 0 Å². The molecule has 0 spiro atoms. The molecule has 2 nitrogen and oxygen atoms in total. The van der Waals surface area contributed by atoms with Crippen molar-refractivity contribution in [1.29, 1.82) is 0 Å². The van der Waals surface area contributed by atoms with Crippen LogP contribution in [-0.4, -0.2) is 16.7 Å². The average Bonchev–Trinajstić information content (AvgIpc) is 2.07. The van der Waals surface area contributed by atoms with E-state index < -0.39 is 5.60 Å². The minimum Gasteiger partial charge on any atom is -0.388 e. The van der Waals surface area contributed by atoms with Crippen LogP contribution >= 0.6 is 0 Å². The van der Waals surface area contributed by atoms with Gasteiger partial charge in [0.15, 0.2) is 0 Å². The number of hydrogen-bond donors (Lipinski definition) is 2. The normalized spacial score (nSPS) is 36.8. The van der Waals surface area contributed by atoms with Crippen molar-refractivity contribution in [3.8, 4) is 0 Å². The number of unbranched alkanes of at least 4 members (excludes halogenated alkanes) is 1. The number of hydrogen-bond acceptors (Lipinski definition) is 2. The van der Waals surface area contributed by atoms with Gasteiger partial charge < -0.3 is 10.8 Å². The second-order valence-electron chi connectivity index (χ2n) is 4.06. The van der Waals surface area contributed by atoms with Crippen molar-refractivity contribution in [3.05, 3.63) is 0 Å². The minimum absolute atomic E-state index is 0.0257. The standard InChI is InChI=1S/C10H21NO/c1-2-3-7-10(12)8-5-4-6-9(10)11/h9,12H,2-8,11H2,1H3. The Morgan fingerprint density at radius 2 is 2.25 bits per heavy atom. The van der Waals surface area contributed by atoms with Crippen molar-refractivity contribution in [2.75, 3.05) is 0 Å². The highest BCUT2D eigenvalue weighted by Gasteiger charge is 2.35. The van der Waals surface area contributed by atoms with Gasteiger partial charge in [-0.15, -0.1) is 0 Å². The quantitative estimate of drug-likeness (QED) is 0.680. The summed E-state index contributed by atoms with van der Waals surface area (Å²) in [5.41, 5.74) is 5.37. The summed E-state index contributed by atoms with van der Waals surface area (Å²) in [4.78, 5) is 0. The summed E-state index contributed by atoms with van der Waals surface area (Å²) in [5.74, 6) is 0. The number of rotatable bonds is 3. The topological polar surface area (TPSA) is 46.2 Å². The summed E-state index contributed by atoms with van der Waals surface area (Å²) in [6.45, 7) is 2.15. The van der Waals surface area contributed by atoms with E-state index in [0.29, 0.717) is 0 Å². The first kappa shape index (κ1) is 10.0. The number of aliphatic hydroxyl groups is 1. The summed E-state index contributed by atoms with van der Waals surface area (Å²) in [7, 11) is 0. The molecule has 0 aromatic rings.